The normalized spacial score (nSPS) is 12.0. The van der Waals surface area contributed by atoms with Gasteiger partial charge in [-0.15, -0.1) is 0 Å². The van der Waals surface area contributed by atoms with Crippen molar-refractivity contribution in [2.45, 2.75) is 19.4 Å². The van der Waals surface area contributed by atoms with E-state index in [1.165, 1.54) is 12.1 Å². The van der Waals surface area contributed by atoms with E-state index in [1.54, 1.807) is 49.3 Å². The van der Waals surface area contributed by atoms with Gasteiger partial charge in [0.05, 0.1) is 29.2 Å². The Bertz CT molecular complexity index is 774. The molecule has 3 rings (SSSR count). The lowest BCUT2D eigenvalue weighted by atomic mass is 10.0. The standard InChI is InChI=1S/C15H14FN3O/c1-15(2,20)11-5-13(9-17-8-11)19-14-6-12(16)4-3-10(14)7-18-19/h3-9,20H,1-2H3. The van der Waals surface area contributed by atoms with Gasteiger partial charge in [0.2, 0.25) is 0 Å². The van der Waals surface area contributed by atoms with E-state index in [-0.39, 0.29) is 5.82 Å². The zero-order valence-electron chi connectivity index (χ0n) is 11.2. The number of hydrogen-bond acceptors (Lipinski definition) is 3. The van der Waals surface area contributed by atoms with Crippen LogP contribution < -0.4 is 0 Å². The summed E-state index contributed by atoms with van der Waals surface area (Å²) >= 11 is 0. The van der Waals surface area contributed by atoms with Gasteiger partial charge < -0.3 is 5.11 Å². The summed E-state index contributed by atoms with van der Waals surface area (Å²) in [6.07, 6.45) is 4.91. The molecule has 0 saturated heterocycles. The van der Waals surface area contributed by atoms with Crippen LogP contribution >= 0.6 is 0 Å². The average molecular weight is 271 g/mol. The number of pyridine rings is 1. The smallest absolute Gasteiger partial charge is 0.125 e. The highest BCUT2D eigenvalue weighted by atomic mass is 19.1. The molecule has 0 aliphatic carbocycles. The minimum Gasteiger partial charge on any atom is -0.386 e. The van der Waals surface area contributed by atoms with Crippen molar-refractivity contribution in [3.63, 3.8) is 0 Å². The van der Waals surface area contributed by atoms with Crippen molar-refractivity contribution in [1.82, 2.24) is 14.8 Å². The molecular weight excluding hydrogens is 257 g/mol. The fourth-order valence-electron chi connectivity index (χ4n) is 2.08. The van der Waals surface area contributed by atoms with Crippen LogP contribution in [0.25, 0.3) is 16.6 Å². The number of aliphatic hydroxyl groups is 1. The van der Waals surface area contributed by atoms with Crippen LogP contribution in [0.2, 0.25) is 0 Å². The lowest BCUT2D eigenvalue weighted by molar-refractivity contribution is 0.0782. The molecule has 20 heavy (non-hydrogen) atoms. The van der Waals surface area contributed by atoms with E-state index in [2.05, 4.69) is 10.1 Å². The molecule has 0 bridgehead atoms. The first kappa shape index (κ1) is 12.7. The molecule has 4 nitrogen and oxygen atoms in total. The molecular formula is C15H14FN3O. The Kier molecular flexibility index (Phi) is 2.79. The summed E-state index contributed by atoms with van der Waals surface area (Å²) in [6.45, 7) is 3.38. The fourth-order valence-corrected chi connectivity index (χ4v) is 2.08. The summed E-state index contributed by atoms with van der Waals surface area (Å²) in [4.78, 5) is 4.12. The maximum atomic E-state index is 13.4. The van der Waals surface area contributed by atoms with Crippen molar-refractivity contribution in [2.24, 2.45) is 0 Å². The molecule has 0 atom stereocenters. The zero-order valence-corrected chi connectivity index (χ0v) is 11.2. The summed E-state index contributed by atoms with van der Waals surface area (Å²) in [5.74, 6) is -0.314. The SMILES string of the molecule is CC(C)(O)c1cncc(-n2ncc3ccc(F)cc32)c1. The average Bonchev–Trinajstić information content (AvgIpc) is 2.81. The van der Waals surface area contributed by atoms with Gasteiger partial charge >= 0.3 is 0 Å². The minimum atomic E-state index is -0.989. The Morgan fingerprint density at radius 2 is 1.95 bits per heavy atom. The third-order valence-electron chi connectivity index (χ3n) is 3.21. The Labute approximate surface area is 115 Å². The van der Waals surface area contributed by atoms with E-state index in [4.69, 9.17) is 0 Å². The number of hydrogen-bond donors (Lipinski definition) is 1. The van der Waals surface area contributed by atoms with E-state index >= 15 is 0 Å². The molecule has 0 amide bonds. The van der Waals surface area contributed by atoms with Gasteiger partial charge in [-0.2, -0.15) is 5.10 Å². The molecule has 0 radical (unpaired) electrons. The Balaban J connectivity index is 2.18. The molecule has 0 aliphatic heterocycles. The largest absolute Gasteiger partial charge is 0.386 e. The molecule has 102 valence electrons. The fraction of sp³-hybridized carbons (Fsp3) is 0.200. The van der Waals surface area contributed by atoms with Crippen LogP contribution in [0.4, 0.5) is 4.39 Å². The van der Waals surface area contributed by atoms with Crippen molar-refractivity contribution < 1.29 is 9.50 Å². The molecule has 0 unspecified atom stereocenters. The molecule has 0 fully saturated rings. The van der Waals surface area contributed by atoms with Crippen LogP contribution in [0.3, 0.4) is 0 Å². The number of aromatic nitrogens is 3. The quantitative estimate of drug-likeness (QED) is 0.779. The second kappa shape index (κ2) is 4.38. The van der Waals surface area contributed by atoms with Crippen LogP contribution in [0.1, 0.15) is 19.4 Å². The molecule has 2 heterocycles. The van der Waals surface area contributed by atoms with Gasteiger partial charge in [0.25, 0.3) is 0 Å². The third kappa shape index (κ3) is 2.16. The van der Waals surface area contributed by atoms with Crippen LogP contribution in [-0.2, 0) is 5.60 Å². The highest BCUT2D eigenvalue weighted by Gasteiger charge is 2.17. The number of halogens is 1. The van der Waals surface area contributed by atoms with Crippen LogP contribution in [-0.4, -0.2) is 19.9 Å². The summed E-state index contributed by atoms with van der Waals surface area (Å²) in [5, 5.41) is 15.1. The summed E-state index contributed by atoms with van der Waals surface area (Å²) in [7, 11) is 0. The Morgan fingerprint density at radius 3 is 2.70 bits per heavy atom. The van der Waals surface area contributed by atoms with E-state index in [0.717, 1.165) is 5.39 Å². The molecule has 1 aromatic carbocycles. The number of nitrogens with zero attached hydrogens (tertiary/aromatic N) is 3. The van der Waals surface area contributed by atoms with Gasteiger partial charge in [-0.05, 0) is 32.0 Å². The molecule has 1 N–H and O–H groups in total. The van der Waals surface area contributed by atoms with E-state index in [0.29, 0.717) is 16.8 Å². The van der Waals surface area contributed by atoms with E-state index < -0.39 is 5.60 Å². The molecule has 2 aromatic heterocycles. The Morgan fingerprint density at radius 1 is 1.15 bits per heavy atom. The van der Waals surface area contributed by atoms with Crippen LogP contribution in [0, 0.1) is 5.82 Å². The molecule has 3 aromatic rings. The first-order valence-corrected chi connectivity index (χ1v) is 6.27. The molecule has 5 heteroatoms. The summed E-state index contributed by atoms with van der Waals surface area (Å²) in [5.41, 5.74) is 1.04. The molecule has 0 saturated carbocycles. The number of fused-ring (bicyclic) bond motifs is 1. The first-order chi connectivity index (χ1) is 9.45. The monoisotopic (exact) mass is 271 g/mol. The van der Waals surface area contributed by atoms with Crippen LogP contribution in [0.15, 0.2) is 42.9 Å². The topological polar surface area (TPSA) is 50.9 Å². The van der Waals surface area contributed by atoms with Gasteiger partial charge in [-0.1, -0.05) is 0 Å². The summed E-state index contributed by atoms with van der Waals surface area (Å²) in [6, 6.07) is 6.31. The van der Waals surface area contributed by atoms with Gasteiger partial charge in [0, 0.05) is 23.2 Å². The van der Waals surface area contributed by atoms with Crippen molar-refractivity contribution >= 4 is 10.9 Å². The predicted octanol–water partition coefficient (Wildman–Crippen LogP) is 2.79. The van der Waals surface area contributed by atoms with Crippen LogP contribution in [0.5, 0.6) is 0 Å². The zero-order chi connectivity index (χ0) is 14.3. The third-order valence-corrected chi connectivity index (χ3v) is 3.21. The second-order valence-corrected chi connectivity index (χ2v) is 5.25. The maximum absolute atomic E-state index is 13.4. The van der Waals surface area contributed by atoms with Crippen molar-refractivity contribution in [2.75, 3.05) is 0 Å². The first-order valence-electron chi connectivity index (χ1n) is 6.27. The van der Waals surface area contributed by atoms with Gasteiger partial charge in [0.1, 0.15) is 5.82 Å². The number of rotatable bonds is 2. The molecule has 0 aliphatic rings. The van der Waals surface area contributed by atoms with E-state index in [1.807, 2.05) is 0 Å². The summed E-state index contributed by atoms with van der Waals surface area (Å²) < 4.78 is 15.0. The highest BCUT2D eigenvalue weighted by molar-refractivity contribution is 5.80. The maximum Gasteiger partial charge on any atom is 0.125 e. The minimum absolute atomic E-state index is 0.314. The second-order valence-electron chi connectivity index (χ2n) is 5.25. The van der Waals surface area contributed by atoms with Gasteiger partial charge in [0.15, 0.2) is 0 Å². The van der Waals surface area contributed by atoms with Crippen molar-refractivity contribution in [3.8, 4) is 5.69 Å². The van der Waals surface area contributed by atoms with Gasteiger partial charge in [-0.25, -0.2) is 9.07 Å². The van der Waals surface area contributed by atoms with Gasteiger partial charge in [-0.3, -0.25) is 4.98 Å². The van der Waals surface area contributed by atoms with E-state index in [9.17, 15) is 9.50 Å². The number of benzene rings is 1. The Hall–Kier alpha value is -2.27. The van der Waals surface area contributed by atoms with Crippen molar-refractivity contribution in [1.29, 1.82) is 0 Å². The molecule has 0 spiro atoms. The predicted molar refractivity (Wildman–Crippen MR) is 74.1 cm³/mol. The highest BCUT2D eigenvalue weighted by Crippen LogP contribution is 2.23. The van der Waals surface area contributed by atoms with Crippen molar-refractivity contribution in [3.05, 3.63) is 54.2 Å². The lowest BCUT2D eigenvalue weighted by Gasteiger charge is -2.18. The lowest BCUT2D eigenvalue weighted by Crippen LogP contribution is -2.16.